The van der Waals surface area contributed by atoms with Crippen LogP contribution in [0.25, 0.3) is 0 Å². The number of carbonyl (C=O) groups excluding carboxylic acids is 1. The number of fused-ring (bicyclic) bond motifs is 1. The molecule has 0 fully saturated rings. The van der Waals surface area contributed by atoms with Gasteiger partial charge in [-0.25, -0.2) is 14.8 Å². The van der Waals surface area contributed by atoms with Gasteiger partial charge in [0.15, 0.2) is 5.16 Å². The first-order chi connectivity index (χ1) is 12.1. The zero-order chi connectivity index (χ0) is 17.8. The number of esters is 1. The summed E-state index contributed by atoms with van der Waals surface area (Å²) >= 11 is 7.54. The fourth-order valence-electron chi connectivity index (χ4n) is 2.61. The van der Waals surface area contributed by atoms with Gasteiger partial charge in [0.1, 0.15) is 17.1 Å². The highest BCUT2D eigenvalue weighted by Gasteiger charge is 2.25. The van der Waals surface area contributed by atoms with Crippen molar-refractivity contribution in [2.24, 2.45) is 0 Å². The number of rotatable bonds is 5. The first-order valence-electron chi connectivity index (χ1n) is 7.89. The van der Waals surface area contributed by atoms with Crippen LogP contribution in [0.3, 0.4) is 0 Å². The highest BCUT2D eigenvalue weighted by molar-refractivity contribution is 7.98. The van der Waals surface area contributed by atoms with Gasteiger partial charge in [-0.1, -0.05) is 23.4 Å². The Bertz CT molecular complexity index is 788. The SMILES string of the molecule is CCOC(=O)c1cnc(SC)nc1NC1CCOc2ccc(Cl)cc21. The Morgan fingerprint density at radius 2 is 2.36 bits per heavy atom. The van der Waals surface area contributed by atoms with E-state index < -0.39 is 5.97 Å². The molecule has 0 spiro atoms. The van der Waals surface area contributed by atoms with E-state index in [2.05, 4.69) is 15.3 Å². The number of benzene rings is 1. The molecule has 1 N–H and O–H groups in total. The molecule has 1 aliphatic heterocycles. The summed E-state index contributed by atoms with van der Waals surface area (Å²) in [6.07, 6.45) is 4.11. The number of carbonyl (C=O) groups is 1. The first-order valence-corrected chi connectivity index (χ1v) is 9.49. The summed E-state index contributed by atoms with van der Waals surface area (Å²) in [5.74, 6) is 0.789. The van der Waals surface area contributed by atoms with E-state index in [0.717, 1.165) is 17.7 Å². The highest BCUT2D eigenvalue weighted by atomic mass is 35.5. The minimum absolute atomic E-state index is 0.0692. The normalized spacial score (nSPS) is 15.9. The van der Waals surface area contributed by atoms with Gasteiger partial charge in [0.2, 0.25) is 0 Å². The van der Waals surface area contributed by atoms with Gasteiger partial charge >= 0.3 is 5.97 Å². The number of hydrogen-bond acceptors (Lipinski definition) is 7. The molecule has 1 atom stereocenters. The van der Waals surface area contributed by atoms with Crippen LogP contribution in [0, 0.1) is 0 Å². The monoisotopic (exact) mass is 379 g/mol. The molecule has 2 heterocycles. The summed E-state index contributed by atoms with van der Waals surface area (Å²) in [5.41, 5.74) is 1.26. The third-order valence-electron chi connectivity index (χ3n) is 3.77. The van der Waals surface area contributed by atoms with Crippen molar-refractivity contribution < 1.29 is 14.3 Å². The molecule has 132 valence electrons. The fraction of sp³-hybridized carbons (Fsp3) is 0.353. The van der Waals surface area contributed by atoms with E-state index >= 15 is 0 Å². The van der Waals surface area contributed by atoms with Gasteiger partial charge < -0.3 is 14.8 Å². The topological polar surface area (TPSA) is 73.3 Å². The maximum atomic E-state index is 12.2. The Kier molecular flexibility index (Phi) is 5.65. The number of anilines is 1. The number of nitrogens with zero attached hydrogens (tertiary/aromatic N) is 2. The van der Waals surface area contributed by atoms with Crippen LogP contribution < -0.4 is 10.1 Å². The van der Waals surface area contributed by atoms with Crippen LogP contribution >= 0.6 is 23.4 Å². The number of halogens is 1. The minimum Gasteiger partial charge on any atom is -0.493 e. The molecule has 1 aromatic carbocycles. The lowest BCUT2D eigenvalue weighted by molar-refractivity contribution is 0.0526. The van der Waals surface area contributed by atoms with Crippen molar-refractivity contribution in [3.63, 3.8) is 0 Å². The average Bonchev–Trinajstić information content (AvgIpc) is 2.62. The van der Waals surface area contributed by atoms with Crippen molar-refractivity contribution in [2.75, 3.05) is 24.8 Å². The Balaban J connectivity index is 1.95. The van der Waals surface area contributed by atoms with Gasteiger partial charge in [0.05, 0.1) is 19.3 Å². The summed E-state index contributed by atoms with van der Waals surface area (Å²) in [6.45, 7) is 2.62. The van der Waals surface area contributed by atoms with Gasteiger partial charge in [-0.05, 0) is 31.4 Å². The van der Waals surface area contributed by atoms with E-state index in [4.69, 9.17) is 21.1 Å². The zero-order valence-electron chi connectivity index (χ0n) is 13.9. The third-order valence-corrected chi connectivity index (χ3v) is 4.56. The molecule has 0 bridgehead atoms. The molecule has 0 saturated heterocycles. The van der Waals surface area contributed by atoms with Gasteiger partial charge in [0, 0.05) is 23.2 Å². The van der Waals surface area contributed by atoms with Crippen LogP contribution in [0.1, 0.15) is 35.3 Å². The quantitative estimate of drug-likeness (QED) is 0.478. The van der Waals surface area contributed by atoms with Crippen molar-refractivity contribution >= 4 is 35.1 Å². The standard InChI is InChI=1S/C17H18ClN3O3S/c1-3-23-16(22)12-9-19-17(25-2)21-15(12)20-13-6-7-24-14-5-4-10(18)8-11(13)14/h4-5,8-9,13H,3,6-7H2,1-2H3,(H,19,20,21). The summed E-state index contributed by atoms with van der Waals surface area (Å²) in [7, 11) is 0. The lowest BCUT2D eigenvalue weighted by atomic mass is 10.0. The Morgan fingerprint density at radius 1 is 1.52 bits per heavy atom. The number of thioether (sulfide) groups is 1. The van der Waals surface area contributed by atoms with Crippen LogP contribution in [-0.2, 0) is 4.74 Å². The molecule has 3 rings (SSSR count). The van der Waals surface area contributed by atoms with Gasteiger partial charge in [-0.15, -0.1) is 0 Å². The van der Waals surface area contributed by atoms with Crippen molar-refractivity contribution in [3.8, 4) is 5.75 Å². The molecule has 0 radical (unpaired) electrons. The molecule has 1 aromatic heterocycles. The molecule has 2 aromatic rings. The second kappa shape index (κ2) is 7.93. The summed E-state index contributed by atoms with van der Waals surface area (Å²) in [5, 5.41) is 4.55. The molecule has 1 unspecified atom stereocenters. The molecule has 0 saturated carbocycles. The van der Waals surface area contributed by atoms with E-state index in [0.29, 0.717) is 28.2 Å². The van der Waals surface area contributed by atoms with E-state index in [1.165, 1.54) is 18.0 Å². The van der Waals surface area contributed by atoms with Crippen molar-refractivity contribution in [1.29, 1.82) is 0 Å². The molecule has 0 amide bonds. The fourth-order valence-corrected chi connectivity index (χ4v) is 3.13. The van der Waals surface area contributed by atoms with Crippen molar-refractivity contribution in [3.05, 3.63) is 40.5 Å². The molecule has 1 aliphatic rings. The van der Waals surface area contributed by atoms with E-state index in [-0.39, 0.29) is 12.6 Å². The molecular weight excluding hydrogens is 362 g/mol. The van der Waals surface area contributed by atoms with E-state index in [1.54, 1.807) is 13.0 Å². The number of ether oxygens (including phenoxy) is 2. The predicted octanol–water partition coefficient (Wildman–Crippen LogP) is 3.96. The molecular formula is C17H18ClN3O3S. The first kappa shape index (κ1) is 17.8. The van der Waals surface area contributed by atoms with Crippen molar-refractivity contribution in [2.45, 2.75) is 24.5 Å². The summed E-state index contributed by atoms with van der Waals surface area (Å²) in [6, 6.07) is 5.45. The van der Waals surface area contributed by atoms with Gasteiger partial charge in [-0.2, -0.15) is 0 Å². The number of nitrogens with one attached hydrogen (secondary N) is 1. The lowest BCUT2D eigenvalue weighted by Gasteiger charge is -2.27. The largest absolute Gasteiger partial charge is 0.493 e. The number of hydrogen-bond donors (Lipinski definition) is 1. The molecule has 8 heteroatoms. The van der Waals surface area contributed by atoms with Gasteiger partial charge in [0.25, 0.3) is 0 Å². The molecule has 25 heavy (non-hydrogen) atoms. The van der Waals surface area contributed by atoms with Crippen LogP contribution in [0.5, 0.6) is 5.75 Å². The predicted molar refractivity (Wildman–Crippen MR) is 97.7 cm³/mol. The van der Waals surface area contributed by atoms with Crippen molar-refractivity contribution in [1.82, 2.24) is 9.97 Å². The van der Waals surface area contributed by atoms with Crippen LogP contribution in [0.15, 0.2) is 29.6 Å². The Morgan fingerprint density at radius 3 is 3.12 bits per heavy atom. The smallest absolute Gasteiger partial charge is 0.343 e. The van der Waals surface area contributed by atoms with Crippen LogP contribution in [0.4, 0.5) is 5.82 Å². The van der Waals surface area contributed by atoms with Gasteiger partial charge in [-0.3, -0.25) is 0 Å². The second-order valence-electron chi connectivity index (χ2n) is 5.36. The van der Waals surface area contributed by atoms with E-state index in [1.807, 2.05) is 18.4 Å². The maximum Gasteiger partial charge on any atom is 0.343 e. The number of aromatic nitrogens is 2. The molecule has 6 nitrogen and oxygen atoms in total. The Hall–Kier alpha value is -1.99. The van der Waals surface area contributed by atoms with E-state index in [9.17, 15) is 4.79 Å². The van der Waals surface area contributed by atoms with Crippen LogP contribution in [0.2, 0.25) is 5.02 Å². The maximum absolute atomic E-state index is 12.2. The lowest BCUT2D eigenvalue weighted by Crippen LogP contribution is -2.22. The Labute approximate surface area is 155 Å². The van der Waals surface area contributed by atoms with Crippen LogP contribution in [-0.4, -0.2) is 35.4 Å². The highest BCUT2D eigenvalue weighted by Crippen LogP contribution is 2.36. The summed E-state index contributed by atoms with van der Waals surface area (Å²) in [4.78, 5) is 20.8. The molecule has 0 aliphatic carbocycles. The summed E-state index contributed by atoms with van der Waals surface area (Å²) < 4.78 is 10.8. The average molecular weight is 380 g/mol. The second-order valence-corrected chi connectivity index (χ2v) is 6.57. The zero-order valence-corrected chi connectivity index (χ0v) is 15.5. The minimum atomic E-state index is -0.448. The third kappa shape index (κ3) is 3.99.